The lowest BCUT2D eigenvalue weighted by atomic mass is 10.1. The van der Waals surface area contributed by atoms with Crippen molar-refractivity contribution in [1.82, 2.24) is 5.32 Å². The quantitative estimate of drug-likeness (QED) is 0.617. The minimum absolute atomic E-state index is 0.0299. The van der Waals surface area contributed by atoms with Crippen molar-refractivity contribution in [2.24, 2.45) is 0 Å². The van der Waals surface area contributed by atoms with E-state index in [1.165, 1.54) is 6.08 Å². The number of rotatable bonds is 6. The molecule has 0 bridgehead atoms. The Bertz CT molecular complexity index is 569. The van der Waals surface area contributed by atoms with Crippen molar-refractivity contribution in [1.29, 1.82) is 0 Å². The Hall–Kier alpha value is -2.35. The first-order valence-corrected chi connectivity index (χ1v) is 6.55. The first-order valence-electron chi connectivity index (χ1n) is 6.55. The van der Waals surface area contributed by atoms with Crippen LogP contribution in [0.5, 0.6) is 0 Å². The number of amides is 1. The molecular formula is C15H16F3NO4. The molecule has 2 N–H and O–H groups in total. The maximum atomic E-state index is 12.5. The SMILES string of the molecule is C=CC[C@@H](NC(=O)[C@H](O)c1ccc(C(F)(F)F)cc1)C(=O)OC. The summed E-state index contributed by atoms with van der Waals surface area (Å²) in [5.41, 5.74) is -0.925. The molecule has 2 atom stereocenters. The highest BCUT2D eigenvalue weighted by Gasteiger charge is 2.31. The van der Waals surface area contributed by atoms with Crippen molar-refractivity contribution >= 4 is 11.9 Å². The van der Waals surface area contributed by atoms with Gasteiger partial charge in [0.25, 0.3) is 5.91 Å². The van der Waals surface area contributed by atoms with Gasteiger partial charge in [-0.3, -0.25) is 4.79 Å². The Morgan fingerprint density at radius 3 is 2.35 bits per heavy atom. The number of carbonyl (C=O) groups is 2. The van der Waals surface area contributed by atoms with E-state index in [-0.39, 0.29) is 12.0 Å². The molecule has 0 heterocycles. The highest BCUT2D eigenvalue weighted by molar-refractivity contribution is 5.87. The van der Waals surface area contributed by atoms with Crippen molar-refractivity contribution in [2.75, 3.05) is 7.11 Å². The van der Waals surface area contributed by atoms with Gasteiger partial charge in [0.15, 0.2) is 6.10 Å². The van der Waals surface area contributed by atoms with Gasteiger partial charge >= 0.3 is 12.1 Å². The van der Waals surface area contributed by atoms with E-state index in [9.17, 15) is 27.9 Å². The normalized spacial score (nSPS) is 13.8. The topological polar surface area (TPSA) is 75.6 Å². The summed E-state index contributed by atoms with van der Waals surface area (Å²) in [7, 11) is 1.14. The Morgan fingerprint density at radius 2 is 1.91 bits per heavy atom. The van der Waals surface area contributed by atoms with Gasteiger partial charge in [0.2, 0.25) is 0 Å². The van der Waals surface area contributed by atoms with Gasteiger partial charge in [0.05, 0.1) is 12.7 Å². The second-order valence-corrected chi connectivity index (χ2v) is 4.63. The fourth-order valence-electron chi connectivity index (χ4n) is 1.78. The fourth-order valence-corrected chi connectivity index (χ4v) is 1.78. The predicted octanol–water partition coefficient (Wildman–Crippen LogP) is 1.97. The van der Waals surface area contributed by atoms with Gasteiger partial charge in [0.1, 0.15) is 6.04 Å². The molecule has 0 radical (unpaired) electrons. The molecule has 1 aromatic carbocycles. The zero-order valence-electron chi connectivity index (χ0n) is 12.3. The number of alkyl halides is 3. The molecule has 0 spiro atoms. The average Bonchev–Trinajstić information content (AvgIpc) is 2.52. The van der Waals surface area contributed by atoms with Crippen LogP contribution in [0, 0.1) is 0 Å². The Balaban J connectivity index is 2.83. The molecule has 1 rings (SSSR count). The molecular weight excluding hydrogens is 315 g/mol. The standard InChI is InChI=1S/C15H16F3NO4/c1-3-4-11(14(22)23-2)19-13(21)12(20)9-5-7-10(8-6-9)15(16,17)18/h3,5-8,11-12,20H,1,4H2,2H3,(H,19,21)/t11-,12-/m1/s1. The summed E-state index contributed by atoms with van der Waals surface area (Å²) in [5.74, 6) is -1.65. The van der Waals surface area contributed by atoms with E-state index >= 15 is 0 Å². The molecule has 1 aromatic rings. The second kappa shape index (κ2) is 7.77. The number of carbonyl (C=O) groups excluding carboxylic acids is 2. The molecule has 126 valence electrons. The monoisotopic (exact) mass is 331 g/mol. The highest BCUT2D eigenvalue weighted by Crippen LogP contribution is 2.29. The molecule has 0 fully saturated rings. The summed E-state index contributed by atoms with van der Waals surface area (Å²) in [5, 5.41) is 12.1. The maximum absolute atomic E-state index is 12.5. The summed E-state index contributed by atoms with van der Waals surface area (Å²) >= 11 is 0. The lowest BCUT2D eigenvalue weighted by molar-refractivity contribution is -0.146. The minimum atomic E-state index is -4.51. The number of aliphatic hydroxyl groups is 1. The van der Waals surface area contributed by atoms with Crippen LogP contribution in [0.15, 0.2) is 36.9 Å². The number of hydrogen-bond donors (Lipinski definition) is 2. The van der Waals surface area contributed by atoms with Crippen LogP contribution in [0.2, 0.25) is 0 Å². The Labute approximate surface area is 130 Å². The van der Waals surface area contributed by atoms with Crippen LogP contribution in [0.4, 0.5) is 13.2 Å². The molecule has 8 heteroatoms. The summed E-state index contributed by atoms with van der Waals surface area (Å²) in [6.07, 6.45) is -4.76. The number of esters is 1. The van der Waals surface area contributed by atoms with E-state index in [2.05, 4.69) is 16.6 Å². The molecule has 0 aliphatic rings. The first kappa shape index (κ1) is 18.7. The zero-order chi connectivity index (χ0) is 17.6. The van der Waals surface area contributed by atoms with Gasteiger partial charge in [-0.2, -0.15) is 13.2 Å². The van der Waals surface area contributed by atoms with Crippen LogP contribution >= 0.6 is 0 Å². The van der Waals surface area contributed by atoms with E-state index in [0.717, 1.165) is 31.4 Å². The number of nitrogens with one attached hydrogen (secondary N) is 1. The van der Waals surface area contributed by atoms with Crippen molar-refractivity contribution in [3.8, 4) is 0 Å². The van der Waals surface area contributed by atoms with Crippen molar-refractivity contribution in [3.63, 3.8) is 0 Å². The summed E-state index contributed by atoms with van der Waals surface area (Å²) in [6, 6.07) is 2.47. The highest BCUT2D eigenvalue weighted by atomic mass is 19.4. The van der Waals surface area contributed by atoms with E-state index in [1.807, 2.05) is 0 Å². The molecule has 23 heavy (non-hydrogen) atoms. The molecule has 0 aliphatic carbocycles. The molecule has 0 aliphatic heterocycles. The van der Waals surface area contributed by atoms with Gasteiger partial charge in [0, 0.05) is 0 Å². The van der Waals surface area contributed by atoms with Crippen LogP contribution in [0.1, 0.15) is 23.7 Å². The molecule has 0 saturated heterocycles. The van der Waals surface area contributed by atoms with Crippen LogP contribution < -0.4 is 5.32 Å². The van der Waals surface area contributed by atoms with Gasteiger partial charge in [-0.15, -0.1) is 6.58 Å². The van der Waals surface area contributed by atoms with Gasteiger partial charge in [-0.05, 0) is 24.1 Å². The molecule has 5 nitrogen and oxygen atoms in total. The average molecular weight is 331 g/mol. The molecule has 0 saturated carbocycles. The number of aliphatic hydroxyl groups excluding tert-OH is 1. The molecule has 1 amide bonds. The number of ether oxygens (including phenoxy) is 1. The Morgan fingerprint density at radius 1 is 1.35 bits per heavy atom. The van der Waals surface area contributed by atoms with Crippen LogP contribution in [0.3, 0.4) is 0 Å². The minimum Gasteiger partial charge on any atom is -0.467 e. The second-order valence-electron chi connectivity index (χ2n) is 4.63. The number of halogens is 3. The fraction of sp³-hybridized carbons (Fsp3) is 0.333. The van der Waals surface area contributed by atoms with E-state index < -0.39 is 35.8 Å². The lowest BCUT2D eigenvalue weighted by Gasteiger charge is -2.18. The zero-order valence-corrected chi connectivity index (χ0v) is 12.3. The third kappa shape index (κ3) is 5.10. The predicted molar refractivity (Wildman–Crippen MR) is 75.2 cm³/mol. The third-order valence-electron chi connectivity index (χ3n) is 3.01. The van der Waals surface area contributed by atoms with E-state index in [1.54, 1.807) is 0 Å². The molecule has 0 unspecified atom stereocenters. The van der Waals surface area contributed by atoms with E-state index in [4.69, 9.17) is 0 Å². The van der Waals surface area contributed by atoms with Crippen molar-refractivity contribution in [2.45, 2.75) is 24.7 Å². The first-order chi connectivity index (χ1) is 10.7. The van der Waals surface area contributed by atoms with Gasteiger partial charge in [-0.1, -0.05) is 18.2 Å². The number of methoxy groups -OCH3 is 1. The van der Waals surface area contributed by atoms with Crippen LogP contribution in [-0.4, -0.2) is 30.1 Å². The third-order valence-corrected chi connectivity index (χ3v) is 3.01. The largest absolute Gasteiger partial charge is 0.467 e. The summed E-state index contributed by atoms with van der Waals surface area (Å²) in [4.78, 5) is 23.4. The molecule has 0 aromatic heterocycles. The Kier molecular flexibility index (Phi) is 6.32. The van der Waals surface area contributed by atoms with Crippen LogP contribution in [0.25, 0.3) is 0 Å². The summed E-state index contributed by atoms with van der Waals surface area (Å²) in [6.45, 7) is 3.43. The van der Waals surface area contributed by atoms with Gasteiger partial charge < -0.3 is 15.2 Å². The number of hydrogen-bond acceptors (Lipinski definition) is 4. The number of benzene rings is 1. The summed E-state index contributed by atoms with van der Waals surface area (Å²) < 4.78 is 41.9. The smallest absolute Gasteiger partial charge is 0.416 e. The van der Waals surface area contributed by atoms with Gasteiger partial charge in [-0.25, -0.2) is 4.79 Å². The lowest BCUT2D eigenvalue weighted by Crippen LogP contribution is -2.43. The maximum Gasteiger partial charge on any atom is 0.416 e. The van der Waals surface area contributed by atoms with E-state index in [0.29, 0.717) is 0 Å². The van der Waals surface area contributed by atoms with Crippen molar-refractivity contribution < 1.29 is 32.6 Å². The van der Waals surface area contributed by atoms with Crippen LogP contribution in [-0.2, 0) is 20.5 Å². The van der Waals surface area contributed by atoms with Crippen molar-refractivity contribution in [3.05, 3.63) is 48.0 Å².